The molecule has 1 rings (SSSR count). The molecule has 0 bridgehead atoms. The van der Waals surface area contributed by atoms with Crippen LogP contribution in [0.1, 0.15) is 10.4 Å². The summed E-state index contributed by atoms with van der Waals surface area (Å²) in [6.07, 6.45) is 0.335. The molecule has 0 heterocycles. The number of nitro groups is 1. The lowest BCUT2D eigenvalue weighted by Gasteiger charge is -2.10. The lowest BCUT2D eigenvalue weighted by molar-refractivity contribution is -0.386. The molecule has 0 aromatic heterocycles. The highest BCUT2D eigenvalue weighted by Gasteiger charge is 2.24. The molecule has 1 aromatic rings. The standard InChI is InChI=1S/C9H7F2NO5/c1-16-7-3-5(4-13)2-6(12(14)15)8(7)17-9(10)11/h2-4,9H,1H3. The van der Waals surface area contributed by atoms with Crippen LogP contribution in [0, 0.1) is 10.1 Å². The highest BCUT2D eigenvalue weighted by Crippen LogP contribution is 2.38. The van der Waals surface area contributed by atoms with Crippen LogP contribution in [0.25, 0.3) is 0 Å². The molecule has 0 amide bonds. The molecule has 0 fully saturated rings. The molecule has 0 aliphatic carbocycles. The minimum Gasteiger partial charge on any atom is -0.493 e. The van der Waals surface area contributed by atoms with Gasteiger partial charge in [-0.1, -0.05) is 0 Å². The van der Waals surface area contributed by atoms with E-state index in [1.54, 1.807) is 0 Å². The average molecular weight is 247 g/mol. The second-order valence-electron chi connectivity index (χ2n) is 2.82. The van der Waals surface area contributed by atoms with E-state index in [4.69, 9.17) is 0 Å². The topological polar surface area (TPSA) is 78.7 Å². The van der Waals surface area contributed by atoms with Gasteiger partial charge >= 0.3 is 12.3 Å². The first kappa shape index (κ1) is 12.8. The molecular weight excluding hydrogens is 240 g/mol. The molecule has 0 aliphatic rings. The van der Waals surface area contributed by atoms with Crippen LogP contribution < -0.4 is 9.47 Å². The fourth-order valence-electron chi connectivity index (χ4n) is 1.17. The van der Waals surface area contributed by atoms with E-state index in [2.05, 4.69) is 9.47 Å². The van der Waals surface area contributed by atoms with Gasteiger partial charge in [0, 0.05) is 11.6 Å². The van der Waals surface area contributed by atoms with Crippen LogP contribution >= 0.6 is 0 Å². The van der Waals surface area contributed by atoms with E-state index in [0.29, 0.717) is 6.29 Å². The summed E-state index contributed by atoms with van der Waals surface area (Å²) in [6.45, 7) is -3.23. The predicted molar refractivity (Wildman–Crippen MR) is 51.7 cm³/mol. The lowest BCUT2D eigenvalue weighted by Crippen LogP contribution is -2.06. The minimum absolute atomic E-state index is 0.0739. The number of aldehydes is 1. The van der Waals surface area contributed by atoms with E-state index in [1.807, 2.05) is 0 Å². The summed E-state index contributed by atoms with van der Waals surface area (Å²) in [5, 5.41) is 10.6. The number of nitrogens with zero attached hydrogens (tertiary/aromatic N) is 1. The molecule has 92 valence electrons. The summed E-state index contributed by atoms with van der Waals surface area (Å²) >= 11 is 0. The third-order valence-corrected chi connectivity index (χ3v) is 1.82. The molecule has 0 unspecified atom stereocenters. The van der Waals surface area contributed by atoms with Crippen molar-refractivity contribution in [3.8, 4) is 11.5 Å². The number of carbonyl (C=O) groups excluding carboxylic acids is 1. The fraction of sp³-hybridized carbons (Fsp3) is 0.222. The van der Waals surface area contributed by atoms with Crippen LogP contribution in [-0.2, 0) is 0 Å². The first-order chi connectivity index (χ1) is 7.99. The molecule has 0 radical (unpaired) electrons. The van der Waals surface area contributed by atoms with Gasteiger partial charge in [-0.15, -0.1) is 0 Å². The quantitative estimate of drug-likeness (QED) is 0.451. The number of rotatable bonds is 5. The van der Waals surface area contributed by atoms with Gasteiger partial charge in [-0.2, -0.15) is 8.78 Å². The fourth-order valence-corrected chi connectivity index (χ4v) is 1.17. The third-order valence-electron chi connectivity index (χ3n) is 1.82. The van der Waals surface area contributed by atoms with Crippen molar-refractivity contribution < 1.29 is 28.0 Å². The smallest absolute Gasteiger partial charge is 0.387 e. The lowest BCUT2D eigenvalue weighted by atomic mass is 10.2. The summed E-state index contributed by atoms with van der Waals surface area (Å²) in [6, 6.07) is 1.89. The van der Waals surface area contributed by atoms with Crippen molar-refractivity contribution >= 4 is 12.0 Å². The van der Waals surface area contributed by atoms with Gasteiger partial charge in [0.25, 0.3) is 0 Å². The Labute approximate surface area is 93.9 Å². The molecule has 0 saturated heterocycles. The normalized spacial score (nSPS) is 10.1. The van der Waals surface area contributed by atoms with Gasteiger partial charge in [0.05, 0.1) is 12.0 Å². The second-order valence-corrected chi connectivity index (χ2v) is 2.82. The SMILES string of the molecule is COc1cc(C=O)cc([N+](=O)[O-])c1OC(F)F. The Kier molecular flexibility index (Phi) is 3.91. The van der Waals surface area contributed by atoms with E-state index >= 15 is 0 Å². The summed E-state index contributed by atoms with van der Waals surface area (Å²) in [4.78, 5) is 20.2. The van der Waals surface area contributed by atoms with Crippen molar-refractivity contribution in [2.75, 3.05) is 7.11 Å². The Bertz CT molecular complexity index is 449. The number of nitro benzene ring substituents is 1. The van der Waals surface area contributed by atoms with Crippen molar-refractivity contribution in [1.29, 1.82) is 0 Å². The maximum Gasteiger partial charge on any atom is 0.387 e. The first-order valence-electron chi connectivity index (χ1n) is 4.26. The van der Waals surface area contributed by atoms with Gasteiger partial charge < -0.3 is 9.47 Å². The summed E-state index contributed by atoms with van der Waals surface area (Å²) in [5.41, 5.74) is -0.832. The van der Waals surface area contributed by atoms with Crippen LogP contribution in [0.5, 0.6) is 11.5 Å². The van der Waals surface area contributed by atoms with Gasteiger partial charge in [0.15, 0.2) is 5.75 Å². The van der Waals surface area contributed by atoms with E-state index in [9.17, 15) is 23.7 Å². The van der Waals surface area contributed by atoms with E-state index in [1.165, 1.54) is 0 Å². The molecule has 17 heavy (non-hydrogen) atoms. The zero-order chi connectivity index (χ0) is 13.0. The number of hydrogen-bond donors (Lipinski definition) is 0. The van der Waals surface area contributed by atoms with E-state index in [0.717, 1.165) is 19.2 Å². The Morgan fingerprint density at radius 1 is 1.47 bits per heavy atom. The number of alkyl halides is 2. The van der Waals surface area contributed by atoms with Crippen LogP contribution in [0.4, 0.5) is 14.5 Å². The Hall–Kier alpha value is -2.25. The molecule has 0 atom stereocenters. The summed E-state index contributed by atoms with van der Waals surface area (Å²) in [5.74, 6) is -1.01. The van der Waals surface area contributed by atoms with Crippen LogP contribution in [-0.4, -0.2) is 24.9 Å². The number of carbonyl (C=O) groups is 1. The van der Waals surface area contributed by atoms with Gasteiger partial charge in [0.2, 0.25) is 5.75 Å². The number of ether oxygens (including phenoxy) is 2. The highest BCUT2D eigenvalue weighted by molar-refractivity contribution is 5.79. The zero-order valence-corrected chi connectivity index (χ0v) is 8.55. The van der Waals surface area contributed by atoms with E-state index < -0.39 is 23.0 Å². The van der Waals surface area contributed by atoms with Gasteiger partial charge in [-0.25, -0.2) is 0 Å². The summed E-state index contributed by atoms with van der Waals surface area (Å²) < 4.78 is 32.9. The average Bonchev–Trinajstić information content (AvgIpc) is 2.28. The minimum atomic E-state index is -3.23. The predicted octanol–water partition coefficient (Wildman–Crippen LogP) is 2.02. The van der Waals surface area contributed by atoms with Crippen LogP contribution in [0.15, 0.2) is 12.1 Å². The number of methoxy groups -OCH3 is 1. The Morgan fingerprint density at radius 3 is 2.53 bits per heavy atom. The van der Waals surface area contributed by atoms with Crippen molar-refractivity contribution in [3.63, 3.8) is 0 Å². The van der Waals surface area contributed by atoms with Crippen LogP contribution in [0.3, 0.4) is 0 Å². The molecule has 6 nitrogen and oxygen atoms in total. The van der Waals surface area contributed by atoms with Gasteiger partial charge in [-0.3, -0.25) is 14.9 Å². The molecule has 8 heteroatoms. The van der Waals surface area contributed by atoms with E-state index in [-0.39, 0.29) is 11.3 Å². The van der Waals surface area contributed by atoms with Gasteiger partial charge in [0.1, 0.15) is 6.29 Å². The van der Waals surface area contributed by atoms with Gasteiger partial charge in [-0.05, 0) is 6.07 Å². The number of benzene rings is 1. The Balaban J connectivity index is 3.40. The second kappa shape index (κ2) is 5.19. The van der Waals surface area contributed by atoms with Crippen molar-refractivity contribution in [2.45, 2.75) is 6.61 Å². The molecular formula is C9H7F2NO5. The molecule has 0 spiro atoms. The first-order valence-corrected chi connectivity index (χ1v) is 4.26. The zero-order valence-electron chi connectivity index (χ0n) is 8.55. The molecule has 0 saturated carbocycles. The molecule has 1 aromatic carbocycles. The Morgan fingerprint density at radius 2 is 2.12 bits per heavy atom. The third kappa shape index (κ3) is 2.86. The maximum absolute atomic E-state index is 12.1. The number of hydrogen-bond acceptors (Lipinski definition) is 5. The monoisotopic (exact) mass is 247 g/mol. The number of halogens is 2. The summed E-state index contributed by atoms with van der Waals surface area (Å²) in [7, 11) is 1.12. The van der Waals surface area contributed by atoms with Crippen molar-refractivity contribution in [2.24, 2.45) is 0 Å². The highest BCUT2D eigenvalue weighted by atomic mass is 19.3. The van der Waals surface area contributed by atoms with Crippen LogP contribution in [0.2, 0.25) is 0 Å². The van der Waals surface area contributed by atoms with Crippen molar-refractivity contribution in [3.05, 3.63) is 27.8 Å². The van der Waals surface area contributed by atoms with Crippen molar-refractivity contribution in [1.82, 2.24) is 0 Å². The largest absolute Gasteiger partial charge is 0.493 e. The molecule has 0 aliphatic heterocycles. The maximum atomic E-state index is 12.1. The molecule has 0 N–H and O–H groups in total.